The highest BCUT2D eigenvalue weighted by molar-refractivity contribution is 6.13. The van der Waals surface area contributed by atoms with E-state index in [1.807, 2.05) is 24.3 Å². The number of aromatic nitrogens is 2. The van der Waals surface area contributed by atoms with E-state index < -0.39 is 0 Å². The largest absolute Gasteiger partial charge is 0.508 e. The summed E-state index contributed by atoms with van der Waals surface area (Å²) in [6.45, 7) is 0.757. The van der Waals surface area contributed by atoms with Crippen molar-refractivity contribution in [2.45, 2.75) is 0 Å². The molecule has 0 bridgehead atoms. The number of phenolic OH excluding ortho intramolecular Hbond substituents is 1. The van der Waals surface area contributed by atoms with Crippen LogP contribution in [0.15, 0.2) is 54.6 Å². The van der Waals surface area contributed by atoms with Gasteiger partial charge in [0, 0.05) is 34.9 Å². The van der Waals surface area contributed by atoms with Crippen molar-refractivity contribution in [1.29, 1.82) is 0 Å². The molecule has 130 valence electrons. The Hall–Kier alpha value is -3.38. The van der Waals surface area contributed by atoms with Gasteiger partial charge in [0.15, 0.2) is 0 Å². The zero-order chi connectivity index (χ0) is 18.1. The Morgan fingerprint density at radius 1 is 1.12 bits per heavy atom. The van der Waals surface area contributed by atoms with Gasteiger partial charge in [-0.15, -0.1) is 0 Å². The van der Waals surface area contributed by atoms with Crippen molar-refractivity contribution in [3.8, 4) is 17.0 Å². The smallest absolute Gasteiger partial charge is 0.269 e. The van der Waals surface area contributed by atoms with Crippen LogP contribution in [0, 0.1) is 0 Å². The summed E-state index contributed by atoms with van der Waals surface area (Å²) in [4.78, 5) is 20.4. The van der Waals surface area contributed by atoms with Gasteiger partial charge < -0.3 is 21.1 Å². The summed E-state index contributed by atoms with van der Waals surface area (Å²) in [6, 6.07) is 16.5. The molecule has 2 aromatic heterocycles. The number of carbonyl (C=O) groups excluding carboxylic acids is 1. The monoisotopic (exact) mass is 346 g/mol. The lowest BCUT2D eigenvalue weighted by molar-refractivity contribution is 0.0950. The Balaban J connectivity index is 1.98. The van der Waals surface area contributed by atoms with Crippen LogP contribution in [0.5, 0.6) is 5.75 Å². The van der Waals surface area contributed by atoms with E-state index in [4.69, 9.17) is 5.73 Å². The van der Waals surface area contributed by atoms with Crippen LogP contribution in [0.25, 0.3) is 33.1 Å². The summed E-state index contributed by atoms with van der Waals surface area (Å²) in [5.74, 6) is -0.0823. The molecule has 0 aliphatic carbocycles. The first kappa shape index (κ1) is 16.1. The van der Waals surface area contributed by atoms with Crippen molar-refractivity contribution in [2.75, 3.05) is 13.1 Å². The molecule has 0 saturated heterocycles. The fraction of sp³-hybridized carbons (Fsp3) is 0.100. The minimum atomic E-state index is -0.261. The number of carbonyl (C=O) groups is 1. The third-order valence-electron chi connectivity index (χ3n) is 4.30. The van der Waals surface area contributed by atoms with Crippen LogP contribution in [0.3, 0.4) is 0 Å². The van der Waals surface area contributed by atoms with Gasteiger partial charge in [0.2, 0.25) is 0 Å². The highest BCUT2D eigenvalue weighted by Crippen LogP contribution is 2.33. The molecule has 4 rings (SSSR count). The molecule has 1 amide bonds. The molecule has 0 aliphatic heterocycles. The molecule has 0 unspecified atom stereocenters. The molecule has 0 atom stereocenters. The third kappa shape index (κ3) is 2.76. The average Bonchev–Trinajstić information content (AvgIpc) is 3.05. The number of benzene rings is 2. The maximum atomic E-state index is 12.5. The van der Waals surface area contributed by atoms with Crippen LogP contribution in [-0.2, 0) is 0 Å². The van der Waals surface area contributed by atoms with E-state index >= 15 is 0 Å². The van der Waals surface area contributed by atoms with Gasteiger partial charge in [-0.3, -0.25) is 4.79 Å². The zero-order valence-corrected chi connectivity index (χ0v) is 14.0. The predicted molar refractivity (Wildman–Crippen MR) is 102 cm³/mol. The third-order valence-corrected chi connectivity index (χ3v) is 4.30. The molecule has 0 aliphatic rings. The van der Waals surface area contributed by atoms with E-state index in [-0.39, 0.29) is 11.7 Å². The van der Waals surface area contributed by atoms with Gasteiger partial charge in [-0.05, 0) is 36.4 Å². The first-order chi connectivity index (χ1) is 12.7. The topological polar surface area (TPSA) is 104 Å². The molecule has 26 heavy (non-hydrogen) atoms. The number of pyridine rings is 1. The molecule has 0 saturated carbocycles. The second-order valence-corrected chi connectivity index (χ2v) is 6.04. The number of aromatic hydroxyl groups is 1. The normalized spacial score (nSPS) is 11.1. The van der Waals surface area contributed by atoms with Gasteiger partial charge in [-0.1, -0.05) is 18.2 Å². The molecular weight excluding hydrogens is 328 g/mol. The zero-order valence-electron chi connectivity index (χ0n) is 14.0. The maximum absolute atomic E-state index is 12.5. The van der Waals surface area contributed by atoms with Crippen molar-refractivity contribution >= 4 is 27.7 Å². The number of fused-ring (bicyclic) bond motifs is 3. The number of aromatic amines is 1. The number of rotatable bonds is 4. The van der Waals surface area contributed by atoms with Gasteiger partial charge in [0.05, 0.1) is 11.2 Å². The fourth-order valence-corrected chi connectivity index (χ4v) is 3.07. The first-order valence-electron chi connectivity index (χ1n) is 8.36. The predicted octanol–water partition coefficient (Wildman–Crippen LogP) is 2.78. The fourth-order valence-electron chi connectivity index (χ4n) is 3.07. The number of hydrogen-bond donors (Lipinski definition) is 4. The van der Waals surface area contributed by atoms with Gasteiger partial charge in [-0.2, -0.15) is 0 Å². The summed E-state index contributed by atoms with van der Waals surface area (Å²) in [5, 5.41) is 14.3. The van der Waals surface area contributed by atoms with Crippen LogP contribution in [-0.4, -0.2) is 34.1 Å². The summed E-state index contributed by atoms with van der Waals surface area (Å²) in [5.41, 5.74) is 9.11. The average molecular weight is 346 g/mol. The number of phenols is 1. The Bertz CT molecular complexity index is 1100. The van der Waals surface area contributed by atoms with Crippen molar-refractivity contribution in [2.24, 2.45) is 5.73 Å². The molecule has 2 aromatic carbocycles. The lowest BCUT2D eigenvalue weighted by Gasteiger charge is -2.08. The van der Waals surface area contributed by atoms with Crippen LogP contribution in [0.4, 0.5) is 0 Å². The molecular formula is C20H18N4O2. The van der Waals surface area contributed by atoms with E-state index in [1.165, 1.54) is 0 Å². The van der Waals surface area contributed by atoms with Gasteiger partial charge in [0.25, 0.3) is 5.91 Å². The van der Waals surface area contributed by atoms with Crippen LogP contribution in [0.2, 0.25) is 0 Å². The lowest BCUT2D eigenvalue weighted by Crippen LogP contribution is -2.29. The van der Waals surface area contributed by atoms with Crippen LogP contribution >= 0.6 is 0 Å². The molecule has 6 nitrogen and oxygen atoms in total. The number of para-hydroxylation sites is 1. The van der Waals surface area contributed by atoms with Gasteiger partial charge in [0.1, 0.15) is 11.4 Å². The quantitative estimate of drug-likeness (QED) is 0.456. The van der Waals surface area contributed by atoms with Crippen molar-refractivity contribution in [1.82, 2.24) is 15.3 Å². The standard InChI is InChI=1S/C20H18N4O2/c21-9-10-22-20(26)17-11-15-14-3-1-2-4-16(14)23-19(15)18(24-17)12-5-7-13(25)8-6-12/h1-8,11,23,25H,9-10,21H2,(H,22,26). The molecule has 4 aromatic rings. The first-order valence-corrected chi connectivity index (χ1v) is 8.36. The van der Waals surface area contributed by atoms with E-state index in [0.717, 1.165) is 27.4 Å². The Morgan fingerprint density at radius 2 is 1.88 bits per heavy atom. The SMILES string of the molecule is NCCNC(=O)c1cc2c([nH]c3ccccc32)c(-c2ccc(O)cc2)n1. The summed E-state index contributed by atoms with van der Waals surface area (Å²) >= 11 is 0. The molecule has 0 fully saturated rings. The number of nitrogens with two attached hydrogens (primary N) is 1. The minimum absolute atomic E-state index is 0.179. The van der Waals surface area contributed by atoms with Crippen molar-refractivity contribution < 1.29 is 9.90 Å². The molecule has 2 heterocycles. The maximum Gasteiger partial charge on any atom is 0.269 e. The number of hydrogen-bond acceptors (Lipinski definition) is 4. The number of nitrogens with one attached hydrogen (secondary N) is 2. The second kappa shape index (κ2) is 6.50. The highest BCUT2D eigenvalue weighted by atomic mass is 16.3. The number of nitrogens with zero attached hydrogens (tertiary/aromatic N) is 1. The summed E-state index contributed by atoms with van der Waals surface area (Å²) in [6.07, 6.45) is 0. The van der Waals surface area contributed by atoms with Gasteiger partial charge in [-0.25, -0.2) is 4.98 Å². The van der Waals surface area contributed by atoms with Crippen molar-refractivity contribution in [3.05, 3.63) is 60.3 Å². The molecule has 0 radical (unpaired) electrons. The van der Waals surface area contributed by atoms with Crippen molar-refractivity contribution in [3.63, 3.8) is 0 Å². The van der Waals surface area contributed by atoms with Crippen LogP contribution in [0.1, 0.15) is 10.5 Å². The Labute approximate surface area is 149 Å². The number of amides is 1. The summed E-state index contributed by atoms with van der Waals surface area (Å²) in [7, 11) is 0. The lowest BCUT2D eigenvalue weighted by atomic mass is 10.1. The van der Waals surface area contributed by atoms with Gasteiger partial charge >= 0.3 is 0 Å². The van der Waals surface area contributed by atoms with E-state index in [2.05, 4.69) is 15.3 Å². The van der Waals surface area contributed by atoms with Crippen LogP contribution < -0.4 is 11.1 Å². The highest BCUT2D eigenvalue weighted by Gasteiger charge is 2.16. The summed E-state index contributed by atoms with van der Waals surface area (Å²) < 4.78 is 0. The second-order valence-electron chi connectivity index (χ2n) is 6.04. The van der Waals surface area contributed by atoms with E-state index in [0.29, 0.717) is 24.5 Å². The molecule has 0 spiro atoms. The molecule has 6 heteroatoms. The Kier molecular flexibility index (Phi) is 4.02. The van der Waals surface area contributed by atoms with E-state index in [9.17, 15) is 9.90 Å². The Morgan fingerprint density at radius 3 is 2.65 bits per heavy atom. The van der Waals surface area contributed by atoms with E-state index in [1.54, 1.807) is 30.3 Å². The minimum Gasteiger partial charge on any atom is -0.508 e. The molecule has 5 N–H and O–H groups in total. The number of H-pyrrole nitrogens is 1.